The maximum Gasteiger partial charge on any atom is 0.248 e. The van der Waals surface area contributed by atoms with E-state index in [2.05, 4.69) is 9.97 Å². The molecule has 0 aromatic carbocycles. The van der Waals surface area contributed by atoms with Crippen molar-refractivity contribution in [3.63, 3.8) is 0 Å². The second kappa shape index (κ2) is 3.23. The number of hydrogen-bond donors (Lipinski definition) is 1. The minimum atomic E-state index is -0.421. The Labute approximate surface area is 109 Å². The number of carbonyl (C=O) groups is 1. The predicted octanol–water partition coefficient (Wildman–Crippen LogP) is 1.32. The molecule has 0 unspecified atom stereocenters. The normalized spacial score (nSPS) is 19.8. The van der Waals surface area contributed by atoms with Crippen LogP contribution in [0.5, 0.6) is 0 Å². The molecular weight excluding hydrogens is 242 g/mol. The van der Waals surface area contributed by atoms with E-state index in [9.17, 15) is 9.59 Å². The lowest BCUT2D eigenvalue weighted by atomic mass is 9.65. The van der Waals surface area contributed by atoms with Crippen molar-refractivity contribution < 1.29 is 4.79 Å². The van der Waals surface area contributed by atoms with Crippen molar-refractivity contribution in [2.24, 2.45) is 0 Å². The summed E-state index contributed by atoms with van der Waals surface area (Å²) < 4.78 is 0. The van der Waals surface area contributed by atoms with E-state index in [0.717, 1.165) is 41.5 Å². The summed E-state index contributed by atoms with van der Waals surface area (Å²) in [5.41, 5.74) is 2.69. The molecule has 2 aliphatic rings. The van der Waals surface area contributed by atoms with Gasteiger partial charge in [0.05, 0.1) is 28.3 Å². The molecule has 0 saturated heterocycles. The van der Waals surface area contributed by atoms with Gasteiger partial charge >= 0.3 is 0 Å². The van der Waals surface area contributed by atoms with Crippen LogP contribution in [-0.4, -0.2) is 22.9 Å². The van der Waals surface area contributed by atoms with Crippen molar-refractivity contribution in [1.29, 1.82) is 0 Å². The van der Waals surface area contributed by atoms with E-state index < -0.39 is 5.41 Å². The molecule has 1 amide bonds. The third kappa shape index (κ3) is 1.13. The van der Waals surface area contributed by atoms with Gasteiger partial charge in [-0.25, -0.2) is 0 Å². The Kier molecular flexibility index (Phi) is 1.82. The highest BCUT2D eigenvalue weighted by Crippen LogP contribution is 2.54. The quantitative estimate of drug-likeness (QED) is 0.772. The first-order valence-electron chi connectivity index (χ1n) is 6.44. The Hall–Kier alpha value is -2.17. The number of anilines is 1. The summed E-state index contributed by atoms with van der Waals surface area (Å²) in [6, 6.07) is 3.18. The smallest absolute Gasteiger partial charge is 0.248 e. The van der Waals surface area contributed by atoms with Crippen LogP contribution in [0.1, 0.15) is 24.8 Å². The predicted molar refractivity (Wildman–Crippen MR) is 71.3 cm³/mol. The fourth-order valence-electron chi connectivity index (χ4n) is 3.36. The molecule has 2 aromatic rings. The summed E-state index contributed by atoms with van der Waals surface area (Å²) in [6.07, 6.45) is 4.51. The molecule has 4 rings (SSSR count). The Morgan fingerprint density at radius 2 is 2.11 bits per heavy atom. The Morgan fingerprint density at radius 1 is 1.32 bits per heavy atom. The van der Waals surface area contributed by atoms with E-state index in [1.54, 1.807) is 24.2 Å². The van der Waals surface area contributed by atoms with Crippen molar-refractivity contribution in [2.45, 2.75) is 24.7 Å². The molecule has 1 aliphatic carbocycles. The van der Waals surface area contributed by atoms with Crippen LogP contribution >= 0.6 is 0 Å². The van der Waals surface area contributed by atoms with E-state index in [-0.39, 0.29) is 11.5 Å². The number of rotatable bonds is 0. The molecule has 0 radical (unpaired) electrons. The summed E-state index contributed by atoms with van der Waals surface area (Å²) in [4.78, 5) is 33.0. The standard InChI is InChI=1S/C14H13N3O2/c1-17-9-7-15-8-3-4-10(18)16-12(8)11(9)14(13(17)19)5-2-6-14/h3-4,7H,2,5-6H2,1H3,(H,16,18). The fraction of sp³-hybridized carbons (Fsp3) is 0.357. The molecule has 0 atom stereocenters. The Bertz CT molecular complexity index is 774. The molecule has 1 spiro atoms. The van der Waals surface area contributed by atoms with Gasteiger partial charge in [0.1, 0.15) is 0 Å². The van der Waals surface area contributed by atoms with Gasteiger partial charge in [-0.05, 0) is 18.9 Å². The highest BCUT2D eigenvalue weighted by Gasteiger charge is 2.54. The number of nitrogens with one attached hydrogen (secondary N) is 1. The molecule has 5 heteroatoms. The lowest BCUT2D eigenvalue weighted by molar-refractivity contribution is -0.125. The van der Waals surface area contributed by atoms with Crippen LogP contribution in [0.4, 0.5) is 5.69 Å². The summed E-state index contributed by atoms with van der Waals surface area (Å²) in [5, 5.41) is 0. The average Bonchev–Trinajstić information content (AvgIpc) is 2.59. The number of aromatic amines is 1. The summed E-state index contributed by atoms with van der Waals surface area (Å²) in [5.74, 6) is 0.132. The monoisotopic (exact) mass is 255 g/mol. The van der Waals surface area contributed by atoms with Crippen LogP contribution in [0.15, 0.2) is 23.1 Å². The molecule has 5 nitrogen and oxygen atoms in total. The summed E-state index contributed by atoms with van der Waals surface area (Å²) in [7, 11) is 1.78. The first kappa shape index (κ1) is 10.7. The van der Waals surface area contributed by atoms with E-state index >= 15 is 0 Å². The van der Waals surface area contributed by atoms with E-state index in [1.165, 1.54) is 6.07 Å². The largest absolute Gasteiger partial charge is 0.320 e. The van der Waals surface area contributed by atoms with Crippen molar-refractivity contribution in [3.05, 3.63) is 34.2 Å². The van der Waals surface area contributed by atoms with Crippen molar-refractivity contribution in [2.75, 3.05) is 11.9 Å². The molecule has 1 N–H and O–H groups in total. The van der Waals surface area contributed by atoms with Crippen LogP contribution in [0.3, 0.4) is 0 Å². The second-order valence-corrected chi connectivity index (χ2v) is 5.40. The van der Waals surface area contributed by atoms with E-state index in [1.807, 2.05) is 0 Å². The number of amides is 1. The maximum atomic E-state index is 12.5. The van der Waals surface area contributed by atoms with E-state index in [0.29, 0.717) is 0 Å². The average molecular weight is 255 g/mol. The van der Waals surface area contributed by atoms with Gasteiger partial charge in [-0.3, -0.25) is 14.6 Å². The van der Waals surface area contributed by atoms with Crippen LogP contribution in [0.25, 0.3) is 11.0 Å². The summed E-state index contributed by atoms with van der Waals surface area (Å²) in [6.45, 7) is 0. The maximum absolute atomic E-state index is 12.5. The zero-order chi connectivity index (χ0) is 13.2. The van der Waals surface area contributed by atoms with Crippen LogP contribution in [0.2, 0.25) is 0 Å². The Balaban J connectivity index is 2.15. The highest BCUT2D eigenvalue weighted by molar-refractivity contribution is 6.11. The molecule has 96 valence electrons. The molecule has 3 heterocycles. The fourth-order valence-corrected chi connectivity index (χ4v) is 3.36. The molecule has 1 saturated carbocycles. The molecule has 19 heavy (non-hydrogen) atoms. The van der Waals surface area contributed by atoms with Gasteiger partial charge in [-0.2, -0.15) is 0 Å². The Morgan fingerprint density at radius 3 is 2.79 bits per heavy atom. The van der Waals surface area contributed by atoms with Gasteiger partial charge in [0.2, 0.25) is 11.5 Å². The first-order chi connectivity index (χ1) is 9.13. The SMILES string of the molecule is CN1C(=O)C2(CCC2)c2c1cnc1ccc(=O)[nH]c21. The lowest BCUT2D eigenvalue weighted by Crippen LogP contribution is -2.44. The number of pyridine rings is 2. The van der Waals surface area contributed by atoms with Gasteiger partial charge in [0, 0.05) is 18.7 Å². The molecular formula is C14H13N3O2. The van der Waals surface area contributed by atoms with Gasteiger partial charge < -0.3 is 9.88 Å². The summed E-state index contributed by atoms with van der Waals surface area (Å²) >= 11 is 0. The van der Waals surface area contributed by atoms with Crippen LogP contribution < -0.4 is 10.5 Å². The molecule has 1 fully saturated rings. The van der Waals surface area contributed by atoms with Crippen LogP contribution in [-0.2, 0) is 10.2 Å². The number of nitrogens with zero attached hydrogens (tertiary/aromatic N) is 2. The number of carbonyl (C=O) groups excluding carboxylic acids is 1. The van der Waals surface area contributed by atoms with Crippen molar-refractivity contribution in [1.82, 2.24) is 9.97 Å². The molecule has 0 bridgehead atoms. The zero-order valence-corrected chi connectivity index (χ0v) is 10.6. The number of hydrogen-bond acceptors (Lipinski definition) is 3. The van der Waals surface area contributed by atoms with Crippen molar-refractivity contribution in [3.8, 4) is 0 Å². The molecule has 2 aromatic heterocycles. The topological polar surface area (TPSA) is 66.1 Å². The van der Waals surface area contributed by atoms with Crippen LogP contribution in [0, 0.1) is 0 Å². The second-order valence-electron chi connectivity index (χ2n) is 5.40. The third-order valence-corrected chi connectivity index (χ3v) is 4.49. The van der Waals surface area contributed by atoms with Gasteiger partial charge in [-0.15, -0.1) is 0 Å². The lowest BCUT2D eigenvalue weighted by Gasteiger charge is -2.36. The number of fused-ring (bicyclic) bond motifs is 4. The van der Waals surface area contributed by atoms with Crippen molar-refractivity contribution >= 4 is 22.6 Å². The minimum absolute atomic E-state index is 0.132. The number of H-pyrrole nitrogens is 1. The van der Waals surface area contributed by atoms with E-state index in [4.69, 9.17) is 0 Å². The van der Waals surface area contributed by atoms with Gasteiger partial charge in [-0.1, -0.05) is 6.42 Å². The number of aromatic nitrogens is 2. The van der Waals surface area contributed by atoms with Gasteiger partial charge in [0.15, 0.2) is 0 Å². The first-order valence-corrected chi connectivity index (χ1v) is 6.44. The third-order valence-electron chi connectivity index (χ3n) is 4.49. The van der Waals surface area contributed by atoms with Gasteiger partial charge in [0.25, 0.3) is 0 Å². The minimum Gasteiger partial charge on any atom is -0.320 e. The number of likely N-dealkylation sites (N-methyl/N-ethyl adjacent to an activating group) is 1. The molecule has 1 aliphatic heterocycles. The zero-order valence-electron chi connectivity index (χ0n) is 10.6. The highest BCUT2D eigenvalue weighted by atomic mass is 16.2.